The number of benzene rings is 1. The molecule has 1 atom stereocenters. The summed E-state index contributed by atoms with van der Waals surface area (Å²) in [5, 5.41) is 0. The maximum Gasteiger partial charge on any atom is 0.128 e. The summed E-state index contributed by atoms with van der Waals surface area (Å²) in [6.07, 6.45) is 1.05. The average Bonchev–Trinajstić information content (AvgIpc) is 2.63. The molecule has 0 aromatic heterocycles. The number of nitrogens with two attached hydrogens (primary N) is 1. The predicted molar refractivity (Wildman–Crippen MR) is 75.9 cm³/mol. The molecule has 1 saturated heterocycles. The first kappa shape index (κ1) is 15.7. The third-order valence-corrected chi connectivity index (χ3v) is 3.28. The minimum atomic E-state index is -0.294. The van der Waals surface area contributed by atoms with E-state index in [-0.39, 0.29) is 18.2 Å². The number of hydrogen-bond donors (Lipinski definition) is 1. The molecule has 1 heterocycles. The molecular weight excluding hydrogens is 322 g/mol. The second kappa shape index (κ2) is 7.28. The van der Waals surface area contributed by atoms with E-state index in [2.05, 4.69) is 20.8 Å². The van der Waals surface area contributed by atoms with E-state index in [0.29, 0.717) is 22.9 Å². The summed E-state index contributed by atoms with van der Waals surface area (Å²) < 4.78 is 19.3. The molecule has 2 rings (SSSR count). The number of likely N-dealkylation sites (tertiary alicyclic amines) is 1. The van der Waals surface area contributed by atoms with Crippen LogP contribution < -0.4 is 10.5 Å². The summed E-state index contributed by atoms with van der Waals surface area (Å²) in [5.41, 5.74) is 5.81. The van der Waals surface area contributed by atoms with Crippen molar-refractivity contribution in [2.45, 2.75) is 12.5 Å². The molecule has 18 heavy (non-hydrogen) atoms. The zero-order chi connectivity index (χ0) is 12.3. The number of halogens is 3. The Bertz CT molecular complexity index is 374. The molecule has 6 heteroatoms. The van der Waals surface area contributed by atoms with E-state index < -0.39 is 0 Å². The van der Waals surface area contributed by atoms with Gasteiger partial charge in [-0.05, 0) is 25.1 Å². The first-order valence-corrected chi connectivity index (χ1v) is 6.49. The lowest BCUT2D eigenvalue weighted by atomic mass is 10.3. The molecule has 1 aliphatic heterocycles. The topological polar surface area (TPSA) is 38.5 Å². The Kier molecular flexibility index (Phi) is 6.35. The van der Waals surface area contributed by atoms with Gasteiger partial charge in [0.1, 0.15) is 18.2 Å². The van der Waals surface area contributed by atoms with Crippen LogP contribution in [0.2, 0.25) is 0 Å². The smallest absolute Gasteiger partial charge is 0.128 e. The highest BCUT2D eigenvalue weighted by Gasteiger charge is 2.18. The lowest BCUT2D eigenvalue weighted by Crippen LogP contribution is -2.29. The van der Waals surface area contributed by atoms with Crippen LogP contribution in [0.3, 0.4) is 0 Å². The van der Waals surface area contributed by atoms with Crippen LogP contribution in [0.15, 0.2) is 22.7 Å². The van der Waals surface area contributed by atoms with E-state index in [1.807, 2.05) is 0 Å². The molecule has 1 aromatic rings. The lowest BCUT2D eigenvalue weighted by Gasteiger charge is -2.15. The fraction of sp³-hybridized carbons (Fsp3) is 0.500. The van der Waals surface area contributed by atoms with E-state index in [9.17, 15) is 4.39 Å². The van der Waals surface area contributed by atoms with Gasteiger partial charge in [-0.3, -0.25) is 4.90 Å². The number of nitrogens with zero attached hydrogens (tertiary/aromatic N) is 1. The van der Waals surface area contributed by atoms with Gasteiger partial charge in [-0.25, -0.2) is 4.39 Å². The van der Waals surface area contributed by atoms with Crippen molar-refractivity contribution < 1.29 is 9.13 Å². The van der Waals surface area contributed by atoms with Gasteiger partial charge in [-0.1, -0.05) is 15.9 Å². The molecule has 0 radical (unpaired) electrons. The van der Waals surface area contributed by atoms with Crippen LogP contribution in [0.1, 0.15) is 6.42 Å². The van der Waals surface area contributed by atoms with Gasteiger partial charge in [-0.2, -0.15) is 0 Å². The number of ether oxygens (including phenoxy) is 1. The van der Waals surface area contributed by atoms with Crippen molar-refractivity contribution in [3.63, 3.8) is 0 Å². The maximum atomic E-state index is 13.1. The normalized spacial score (nSPS) is 19.6. The summed E-state index contributed by atoms with van der Waals surface area (Å²) in [5.74, 6) is 0.262. The van der Waals surface area contributed by atoms with Gasteiger partial charge in [0.15, 0.2) is 0 Å². The van der Waals surface area contributed by atoms with Gasteiger partial charge >= 0.3 is 0 Å². The monoisotopic (exact) mass is 338 g/mol. The van der Waals surface area contributed by atoms with Crippen molar-refractivity contribution in [3.05, 3.63) is 28.5 Å². The second-order valence-electron chi connectivity index (χ2n) is 4.30. The average molecular weight is 340 g/mol. The van der Waals surface area contributed by atoms with Crippen LogP contribution >= 0.6 is 28.3 Å². The summed E-state index contributed by atoms with van der Waals surface area (Å²) >= 11 is 3.23. The van der Waals surface area contributed by atoms with Crippen molar-refractivity contribution in [1.29, 1.82) is 0 Å². The Morgan fingerprint density at radius 3 is 2.83 bits per heavy atom. The minimum Gasteiger partial charge on any atom is -0.492 e. The SMILES string of the molecule is Cl.NC1CCN(CCOc2cc(F)cc(Br)c2)C1. The molecule has 2 N–H and O–H groups in total. The summed E-state index contributed by atoms with van der Waals surface area (Å²) in [6.45, 7) is 3.35. The molecule has 102 valence electrons. The van der Waals surface area contributed by atoms with E-state index in [0.717, 1.165) is 26.1 Å². The van der Waals surface area contributed by atoms with Crippen molar-refractivity contribution in [2.24, 2.45) is 5.73 Å². The molecule has 1 unspecified atom stereocenters. The fourth-order valence-electron chi connectivity index (χ4n) is 1.97. The van der Waals surface area contributed by atoms with Gasteiger partial charge in [0.25, 0.3) is 0 Å². The molecule has 0 bridgehead atoms. The van der Waals surface area contributed by atoms with E-state index in [1.165, 1.54) is 12.1 Å². The van der Waals surface area contributed by atoms with Crippen LogP contribution in [-0.2, 0) is 0 Å². The number of hydrogen-bond acceptors (Lipinski definition) is 3. The van der Waals surface area contributed by atoms with E-state index >= 15 is 0 Å². The highest BCUT2D eigenvalue weighted by molar-refractivity contribution is 9.10. The quantitative estimate of drug-likeness (QED) is 0.915. The molecule has 1 aliphatic rings. The summed E-state index contributed by atoms with van der Waals surface area (Å²) in [7, 11) is 0. The van der Waals surface area contributed by atoms with Crippen molar-refractivity contribution in [3.8, 4) is 5.75 Å². The Hall–Kier alpha value is -0.360. The third kappa shape index (κ3) is 4.72. The Morgan fingerprint density at radius 1 is 1.44 bits per heavy atom. The third-order valence-electron chi connectivity index (χ3n) is 2.82. The van der Waals surface area contributed by atoms with Gasteiger partial charge < -0.3 is 10.5 Å². The highest BCUT2D eigenvalue weighted by Crippen LogP contribution is 2.20. The van der Waals surface area contributed by atoms with Crippen LogP contribution in [0.4, 0.5) is 4.39 Å². The van der Waals surface area contributed by atoms with Gasteiger partial charge in [-0.15, -0.1) is 12.4 Å². The number of rotatable bonds is 4. The summed E-state index contributed by atoms with van der Waals surface area (Å²) in [6, 6.07) is 4.85. The van der Waals surface area contributed by atoms with Crippen LogP contribution in [0.5, 0.6) is 5.75 Å². The van der Waals surface area contributed by atoms with E-state index in [4.69, 9.17) is 10.5 Å². The molecule has 3 nitrogen and oxygen atoms in total. The Labute approximate surface area is 121 Å². The zero-order valence-corrected chi connectivity index (χ0v) is 12.3. The molecule has 0 saturated carbocycles. The van der Waals surface area contributed by atoms with Gasteiger partial charge in [0.2, 0.25) is 0 Å². The van der Waals surface area contributed by atoms with Crippen LogP contribution in [-0.4, -0.2) is 37.2 Å². The molecular formula is C12H17BrClFN2O. The van der Waals surface area contributed by atoms with Crippen LogP contribution in [0, 0.1) is 5.82 Å². The standard InChI is InChI=1S/C12H16BrFN2O.ClH/c13-9-5-10(14)7-12(6-9)17-4-3-16-2-1-11(15)8-16;/h5-7,11H,1-4,8,15H2;1H. The molecule has 0 aliphatic carbocycles. The van der Waals surface area contributed by atoms with Crippen LogP contribution in [0.25, 0.3) is 0 Å². The lowest BCUT2D eigenvalue weighted by molar-refractivity contribution is 0.235. The predicted octanol–water partition coefficient (Wildman–Crippen LogP) is 2.42. The largest absolute Gasteiger partial charge is 0.492 e. The summed E-state index contributed by atoms with van der Waals surface area (Å²) in [4.78, 5) is 2.26. The molecule has 0 spiro atoms. The van der Waals surface area contributed by atoms with Crippen molar-refractivity contribution in [2.75, 3.05) is 26.2 Å². The van der Waals surface area contributed by atoms with Crippen molar-refractivity contribution >= 4 is 28.3 Å². The first-order chi connectivity index (χ1) is 8.13. The minimum absolute atomic E-state index is 0. The highest BCUT2D eigenvalue weighted by atomic mass is 79.9. The van der Waals surface area contributed by atoms with Gasteiger partial charge in [0, 0.05) is 29.7 Å². The molecule has 1 aromatic carbocycles. The second-order valence-corrected chi connectivity index (χ2v) is 5.22. The molecule has 1 fully saturated rings. The Morgan fingerprint density at radius 2 is 2.22 bits per heavy atom. The van der Waals surface area contributed by atoms with E-state index in [1.54, 1.807) is 6.07 Å². The fourth-order valence-corrected chi connectivity index (χ4v) is 2.41. The Balaban J connectivity index is 0.00000162. The first-order valence-electron chi connectivity index (χ1n) is 5.70. The maximum absolute atomic E-state index is 13.1. The van der Waals surface area contributed by atoms with Crippen molar-refractivity contribution in [1.82, 2.24) is 4.90 Å². The molecule has 0 amide bonds. The van der Waals surface area contributed by atoms with Gasteiger partial charge in [0.05, 0.1) is 0 Å². The zero-order valence-electron chi connectivity index (χ0n) is 9.94.